The highest BCUT2D eigenvalue weighted by Gasteiger charge is 2.30. The van der Waals surface area contributed by atoms with Crippen molar-refractivity contribution in [3.05, 3.63) is 41.7 Å². The maximum absolute atomic E-state index is 13.0. The van der Waals surface area contributed by atoms with E-state index in [9.17, 15) is 19.2 Å². The number of Topliss-reactive ketones (excluding diaryl/α,β-unsaturated/α-hetero) is 1. The van der Waals surface area contributed by atoms with Gasteiger partial charge in [0.1, 0.15) is 11.7 Å². The minimum absolute atomic E-state index is 0.0411. The summed E-state index contributed by atoms with van der Waals surface area (Å²) in [7, 11) is 1.53. The van der Waals surface area contributed by atoms with Gasteiger partial charge in [-0.05, 0) is 43.4 Å². The Morgan fingerprint density at radius 1 is 1.13 bits per heavy atom. The maximum Gasteiger partial charge on any atom is 0.269 e. The smallest absolute Gasteiger partial charge is 0.269 e. The Morgan fingerprint density at radius 3 is 2.57 bits per heavy atom. The molecule has 2 unspecified atom stereocenters. The van der Waals surface area contributed by atoms with Crippen LogP contribution in [0.2, 0.25) is 0 Å². The molecule has 1 aromatic heterocycles. The molecule has 1 aliphatic carbocycles. The third kappa shape index (κ3) is 7.09. The fourth-order valence-electron chi connectivity index (χ4n) is 3.35. The molecule has 2 rings (SSSR count). The normalized spacial score (nSPS) is 15.3. The number of hydrogen-bond acceptors (Lipinski definition) is 5. The number of hydrogen-bond donors (Lipinski definition) is 3. The zero-order valence-corrected chi connectivity index (χ0v) is 17.6. The fourth-order valence-corrected chi connectivity index (χ4v) is 3.35. The lowest BCUT2D eigenvalue weighted by Crippen LogP contribution is -2.46. The maximum atomic E-state index is 13.0. The molecule has 3 amide bonds. The molecule has 1 aromatic rings. The van der Waals surface area contributed by atoms with Crippen LogP contribution in [0.4, 0.5) is 0 Å². The summed E-state index contributed by atoms with van der Waals surface area (Å²) in [6.07, 6.45) is 7.31. The van der Waals surface area contributed by atoms with Crippen molar-refractivity contribution in [1.82, 2.24) is 20.9 Å². The van der Waals surface area contributed by atoms with Crippen molar-refractivity contribution in [3.8, 4) is 0 Å². The molecule has 2 atom stereocenters. The molecule has 1 aliphatic rings. The van der Waals surface area contributed by atoms with Gasteiger partial charge in [0.15, 0.2) is 5.78 Å². The van der Waals surface area contributed by atoms with Gasteiger partial charge in [0, 0.05) is 38.5 Å². The van der Waals surface area contributed by atoms with Gasteiger partial charge in [-0.1, -0.05) is 19.1 Å². The second kappa shape index (κ2) is 11.8. The van der Waals surface area contributed by atoms with Crippen LogP contribution in [0.5, 0.6) is 0 Å². The van der Waals surface area contributed by atoms with Crippen LogP contribution in [0.15, 0.2) is 36.0 Å². The molecule has 0 radical (unpaired) electrons. The number of carbonyl (C=O) groups is 4. The van der Waals surface area contributed by atoms with Crippen molar-refractivity contribution in [3.63, 3.8) is 0 Å². The van der Waals surface area contributed by atoms with Crippen LogP contribution in [0.3, 0.4) is 0 Å². The Labute approximate surface area is 176 Å². The zero-order valence-electron chi connectivity index (χ0n) is 17.6. The van der Waals surface area contributed by atoms with Crippen molar-refractivity contribution in [2.45, 2.75) is 51.5 Å². The van der Waals surface area contributed by atoms with Gasteiger partial charge in [0.2, 0.25) is 11.8 Å². The van der Waals surface area contributed by atoms with Crippen molar-refractivity contribution in [2.24, 2.45) is 5.92 Å². The average molecular weight is 415 g/mol. The molecule has 162 valence electrons. The summed E-state index contributed by atoms with van der Waals surface area (Å²) in [6, 6.07) is 4.28. The number of allylic oxidation sites excluding steroid dienone is 1. The molecule has 0 saturated carbocycles. The van der Waals surface area contributed by atoms with Gasteiger partial charge in [-0.3, -0.25) is 24.2 Å². The van der Waals surface area contributed by atoms with E-state index >= 15 is 0 Å². The quantitative estimate of drug-likeness (QED) is 0.502. The summed E-state index contributed by atoms with van der Waals surface area (Å²) in [6.45, 7) is 1.84. The fraction of sp³-hybridized carbons (Fsp3) is 0.500. The summed E-state index contributed by atoms with van der Waals surface area (Å²) < 4.78 is 0. The molecule has 0 spiro atoms. The minimum atomic E-state index is -0.732. The number of carbonyl (C=O) groups excluding carboxylic acids is 4. The lowest BCUT2D eigenvalue weighted by molar-refractivity contribution is -0.131. The van der Waals surface area contributed by atoms with E-state index in [2.05, 4.69) is 20.9 Å². The topological polar surface area (TPSA) is 117 Å². The monoisotopic (exact) mass is 414 g/mol. The van der Waals surface area contributed by atoms with E-state index in [-0.39, 0.29) is 48.6 Å². The zero-order chi connectivity index (χ0) is 21.9. The van der Waals surface area contributed by atoms with Gasteiger partial charge in [0.25, 0.3) is 5.91 Å². The summed E-state index contributed by atoms with van der Waals surface area (Å²) >= 11 is 0. The average Bonchev–Trinajstić information content (AvgIpc) is 2.77. The number of pyridine rings is 1. The SMILES string of the molecule is CNC(=O)CC(C)C(=O)C(NC(=O)CCNC(=O)c1ccccn1)C1=CCCCC1. The molecular formula is C22H30N4O4. The van der Waals surface area contributed by atoms with Crippen molar-refractivity contribution < 1.29 is 19.2 Å². The number of rotatable bonds is 10. The van der Waals surface area contributed by atoms with E-state index < -0.39 is 12.0 Å². The number of aromatic nitrogens is 1. The highest BCUT2D eigenvalue weighted by molar-refractivity contribution is 5.95. The van der Waals surface area contributed by atoms with Gasteiger partial charge < -0.3 is 16.0 Å². The van der Waals surface area contributed by atoms with E-state index in [1.807, 2.05) is 6.08 Å². The first-order chi connectivity index (χ1) is 14.4. The van der Waals surface area contributed by atoms with Gasteiger partial charge in [-0.25, -0.2) is 0 Å². The number of ketones is 1. The Hall–Kier alpha value is -3.03. The van der Waals surface area contributed by atoms with E-state index in [0.29, 0.717) is 0 Å². The molecule has 0 bridgehead atoms. The Kier molecular flexibility index (Phi) is 9.18. The molecule has 0 saturated heterocycles. The minimum Gasteiger partial charge on any atom is -0.359 e. The predicted octanol–water partition coefficient (Wildman–Crippen LogP) is 1.53. The van der Waals surface area contributed by atoms with Crippen LogP contribution in [-0.4, -0.2) is 48.1 Å². The molecule has 0 aromatic carbocycles. The molecule has 0 fully saturated rings. The van der Waals surface area contributed by atoms with Crippen LogP contribution >= 0.6 is 0 Å². The highest BCUT2D eigenvalue weighted by atomic mass is 16.2. The molecule has 8 nitrogen and oxygen atoms in total. The van der Waals surface area contributed by atoms with Gasteiger partial charge >= 0.3 is 0 Å². The van der Waals surface area contributed by atoms with E-state index in [1.165, 1.54) is 13.2 Å². The predicted molar refractivity (Wildman–Crippen MR) is 113 cm³/mol. The van der Waals surface area contributed by atoms with Crippen LogP contribution in [0, 0.1) is 5.92 Å². The first kappa shape index (κ1) is 23.3. The molecule has 3 N–H and O–H groups in total. The van der Waals surface area contributed by atoms with Crippen LogP contribution < -0.4 is 16.0 Å². The number of amides is 3. The standard InChI is InChI=1S/C22H30N4O4/c1-15(14-19(28)23-2)21(29)20(16-8-4-3-5-9-16)26-18(27)11-13-25-22(30)17-10-6-7-12-24-17/h6-8,10,12,15,20H,3-5,9,11,13-14H2,1-2H3,(H,23,28)(H,25,30)(H,26,27). The van der Waals surface area contributed by atoms with Crippen LogP contribution in [0.25, 0.3) is 0 Å². The molecule has 30 heavy (non-hydrogen) atoms. The third-order valence-electron chi connectivity index (χ3n) is 5.08. The van der Waals surface area contributed by atoms with Crippen molar-refractivity contribution in [1.29, 1.82) is 0 Å². The second-order valence-corrected chi connectivity index (χ2v) is 7.43. The number of nitrogens with one attached hydrogen (secondary N) is 3. The summed E-state index contributed by atoms with van der Waals surface area (Å²) in [5.74, 6) is -1.58. The van der Waals surface area contributed by atoms with E-state index in [1.54, 1.807) is 25.1 Å². The lowest BCUT2D eigenvalue weighted by atomic mass is 9.86. The Bertz CT molecular complexity index is 792. The third-order valence-corrected chi connectivity index (χ3v) is 5.08. The lowest BCUT2D eigenvalue weighted by Gasteiger charge is -2.26. The number of nitrogens with zero attached hydrogens (tertiary/aromatic N) is 1. The summed E-state index contributed by atoms with van der Waals surface area (Å²) in [5.41, 5.74) is 1.18. The highest BCUT2D eigenvalue weighted by Crippen LogP contribution is 2.23. The Balaban J connectivity index is 1.94. The largest absolute Gasteiger partial charge is 0.359 e. The molecule has 8 heteroatoms. The summed E-state index contributed by atoms with van der Waals surface area (Å²) in [4.78, 5) is 53.1. The molecular weight excluding hydrogens is 384 g/mol. The second-order valence-electron chi connectivity index (χ2n) is 7.43. The molecule has 0 aliphatic heterocycles. The van der Waals surface area contributed by atoms with Gasteiger partial charge in [-0.15, -0.1) is 0 Å². The first-order valence-electron chi connectivity index (χ1n) is 10.3. The first-order valence-corrected chi connectivity index (χ1v) is 10.3. The van der Waals surface area contributed by atoms with Crippen molar-refractivity contribution >= 4 is 23.5 Å². The van der Waals surface area contributed by atoms with Crippen LogP contribution in [0.1, 0.15) is 55.9 Å². The van der Waals surface area contributed by atoms with Gasteiger partial charge in [-0.2, -0.15) is 0 Å². The Morgan fingerprint density at radius 2 is 1.93 bits per heavy atom. The van der Waals surface area contributed by atoms with E-state index in [4.69, 9.17) is 0 Å². The molecule has 1 heterocycles. The van der Waals surface area contributed by atoms with Crippen molar-refractivity contribution in [2.75, 3.05) is 13.6 Å². The van der Waals surface area contributed by atoms with Crippen LogP contribution in [-0.2, 0) is 14.4 Å². The van der Waals surface area contributed by atoms with E-state index in [0.717, 1.165) is 31.3 Å². The van der Waals surface area contributed by atoms with Gasteiger partial charge in [0.05, 0.1) is 0 Å². The summed E-state index contributed by atoms with van der Waals surface area (Å²) in [5, 5.41) is 7.99.